The van der Waals surface area contributed by atoms with Crippen LogP contribution < -0.4 is 5.32 Å². The van der Waals surface area contributed by atoms with E-state index in [1.54, 1.807) is 0 Å². The van der Waals surface area contributed by atoms with Gasteiger partial charge in [-0.3, -0.25) is 4.79 Å². The Morgan fingerprint density at radius 3 is 2.56 bits per heavy atom. The maximum absolute atomic E-state index is 12.2. The van der Waals surface area contributed by atoms with Crippen molar-refractivity contribution in [2.45, 2.75) is 83.8 Å². The van der Waals surface area contributed by atoms with Crippen molar-refractivity contribution in [2.75, 3.05) is 6.54 Å². The standard InChI is InChI=1S/C15H29NO2/c1-4-5-6-7-8-10-15(11-9-12-16-15)14(17)18-13(2)3/h13,16H,4-12H2,1-3H3/t15-/m0/s1. The van der Waals surface area contributed by atoms with Crippen LogP contribution in [0.5, 0.6) is 0 Å². The SMILES string of the molecule is CCCCCCC[C@@]1(C(=O)OC(C)C)CCCN1. The number of hydrogen-bond acceptors (Lipinski definition) is 3. The molecule has 1 saturated heterocycles. The molecule has 0 aromatic carbocycles. The molecule has 1 aliphatic rings. The van der Waals surface area contributed by atoms with E-state index in [1.165, 1.54) is 25.7 Å². The van der Waals surface area contributed by atoms with E-state index in [1.807, 2.05) is 13.8 Å². The predicted octanol–water partition coefficient (Wildman–Crippen LogP) is 3.42. The number of esters is 1. The number of hydrogen-bond donors (Lipinski definition) is 1. The monoisotopic (exact) mass is 255 g/mol. The van der Waals surface area contributed by atoms with Gasteiger partial charge in [0.1, 0.15) is 5.54 Å². The van der Waals surface area contributed by atoms with Crippen molar-refractivity contribution >= 4 is 5.97 Å². The van der Waals surface area contributed by atoms with Crippen molar-refractivity contribution in [1.29, 1.82) is 0 Å². The van der Waals surface area contributed by atoms with E-state index in [0.29, 0.717) is 0 Å². The first-order valence-electron chi connectivity index (χ1n) is 7.57. The highest BCUT2D eigenvalue weighted by Crippen LogP contribution is 2.28. The summed E-state index contributed by atoms with van der Waals surface area (Å²) in [4.78, 5) is 12.2. The van der Waals surface area contributed by atoms with E-state index in [9.17, 15) is 4.79 Å². The largest absolute Gasteiger partial charge is 0.462 e. The van der Waals surface area contributed by atoms with Gasteiger partial charge >= 0.3 is 5.97 Å². The minimum atomic E-state index is -0.378. The van der Waals surface area contributed by atoms with Crippen LogP contribution in [0.15, 0.2) is 0 Å². The van der Waals surface area contributed by atoms with Crippen LogP contribution in [0.2, 0.25) is 0 Å². The van der Waals surface area contributed by atoms with Gasteiger partial charge < -0.3 is 10.1 Å². The molecule has 0 saturated carbocycles. The van der Waals surface area contributed by atoms with Gasteiger partial charge in [-0.05, 0) is 39.7 Å². The number of nitrogens with one attached hydrogen (secondary N) is 1. The van der Waals surface area contributed by atoms with Crippen molar-refractivity contribution in [2.24, 2.45) is 0 Å². The third-order valence-electron chi connectivity index (χ3n) is 3.68. The molecule has 3 nitrogen and oxygen atoms in total. The van der Waals surface area contributed by atoms with Gasteiger partial charge in [-0.15, -0.1) is 0 Å². The highest BCUT2D eigenvalue weighted by atomic mass is 16.5. The van der Waals surface area contributed by atoms with Gasteiger partial charge in [0, 0.05) is 0 Å². The number of rotatable bonds is 8. The van der Waals surface area contributed by atoms with E-state index in [-0.39, 0.29) is 17.6 Å². The average molecular weight is 255 g/mol. The summed E-state index contributed by atoms with van der Waals surface area (Å²) >= 11 is 0. The molecule has 0 spiro atoms. The van der Waals surface area contributed by atoms with Crippen molar-refractivity contribution in [3.8, 4) is 0 Å². The highest BCUT2D eigenvalue weighted by Gasteiger charge is 2.41. The van der Waals surface area contributed by atoms with Crippen molar-refractivity contribution in [3.05, 3.63) is 0 Å². The number of unbranched alkanes of at least 4 members (excludes halogenated alkanes) is 4. The van der Waals surface area contributed by atoms with Crippen LogP contribution in [-0.4, -0.2) is 24.2 Å². The topological polar surface area (TPSA) is 38.3 Å². The highest BCUT2D eigenvalue weighted by molar-refractivity contribution is 5.81. The van der Waals surface area contributed by atoms with Gasteiger partial charge in [0.05, 0.1) is 6.10 Å². The van der Waals surface area contributed by atoms with Crippen LogP contribution in [0.1, 0.15) is 72.1 Å². The zero-order chi connectivity index (χ0) is 13.4. The molecule has 1 fully saturated rings. The Balaban J connectivity index is 2.40. The van der Waals surface area contributed by atoms with Gasteiger partial charge in [-0.25, -0.2) is 0 Å². The smallest absolute Gasteiger partial charge is 0.326 e. The first-order valence-corrected chi connectivity index (χ1v) is 7.57. The van der Waals surface area contributed by atoms with E-state index in [4.69, 9.17) is 4.74 Å². The summed E-state index contributed by atoms with van der Waals surface area (Å²) in [5.74, 6) is -0.0366. The summed E-state index contributed by atoms with van der Waals surface area (Å²) in [6.07, 6.45) is 9.14. The number of carbonyl (C=O) groups is 1. The van der Waals surface area contributed by atoms with Crippen LogP contribution in [-0.2, 0) is 9.53 Å². The summed E-state index contributed by atoms with van der Waals surface area (Å²) in [6, 6.07) is 0. The molecule has 1 heterocycles. The summed E-state index contributed by atoms with van der Waals surface area (Å²) in [7, 11) is 0. The molecule has 0 aromatic heterocycles. The zero-order valence-electron chi connectivity index (χ0n) is 12.3. The molecule has 0 amide bonds. The van der Waals surface area contributed by atoms with Gasteiger partial charge in [-0.2, -0.15) is 0 Å². The van der Waals surface area contributed by atoms with Crippen LogP contribution in [0.3, 0.4) is 0 Å². The van der Waals surface area contributed by atoms with Crippen molar-refractivity contribution in [1.82, 2.24) is 5.32 Å². The lowest BCUT2D eigenvalue weighted by atomic mass is 9.90. The Hall–Kier alpha value is -0.570. The van der Waals surface area contributed by atoms with E-state index in [2.05, 4.69) is 12.2 Å². The maximum Gasteiger partial charge on any atom is 0.326 e. The molecule has 18 heavy (non-hydrogen) atoms. The minimum absolute atomic E-state index is 0.0168. The first kappa shape index (κ1) is 15.5. The van der Waals surface area contributed by atoms with Gasteiger partial charge in [-0.1, -0.05) is 39.0 Å². The lowest BCUT2D eigenvalue weighted by Gasteiger charge is -2.28. The fourth-order valence-corrected chi connectivity index (χ4v) is 2.65. The van der Waals surface area contributed by atoms with E-state index < -0.39 is 0 Å². The molecule has 3 heteroatoms. The van der Waals surface area contributed by atoms with Gasteiger partial charge in [0.25, 0.3) is 0 Å². The molecule has 0 radical (unpaired) electrons. The quantitative estimate of drug-likeness (QED) is 0.533. The molecule has 0 aliphatic carbocycles. The molecule has 1 rings (SSSR count). The summed E-state index contributed by atoms with van der Waals surface area (Å²) < 4.78 is 5.41. The van der Waals surface area contributed by atoms with E-state index in [0.717, 1.165) is 32.2 Å². The molecular formula is C15H29NO2. The molecule has 1 aliphatic heterocycles. The Morgan fingerprint density at radius 2 is 2.00 bits per heavy atom. The molecule has 1 N–H and O–H groups in total. The lowest BCUT2D eigenvalue weighted by molar-refractivity contribution is -0.155. The van der Waals surface area contributed by atoms with Crippen molar-refractivity contribution in [3.63, 3.8) is 0 Å². The molecule has 0 aromatic rings. The Labute approximate surface area is 112 Å². The number of ether oxygens (including phenoxy) is 1. The third kappa shape index (κ3) is 4.60. The Morgan fingerprint density at radius 1 is 1.28 bits per heavy atom. The molecular weight excluding hydrogens is 226 g/mol. The Kier molecular flexibility index (Phi) is 6.69. The van der Waals surface area contributed by atoms with Crippen LogP contribution in [0.4, 0.5) is 0 Å². The van der Waals surface area contributed by atoms with Crippen molar-refractivity contribution < 1.29 is 9.53 Å². The van der Waals surface area contributed by atoms with Crippen LogP contribution in [0, 0.1) is 0 Å². The summed E-state index contributed by atoms with van der Waals surface area (Å²) in [5.41, 5.74) is -0.378. The van der Waals surface area contributed by atoms with E-state index >= 15 is 0 Å². The van der Waals surface area contributed by atoms with Crippen LogP contribution >= 0.6 is 0 Å². The predicted molar refractivity (Wildman–Crippen MR) is 74.6 cm³/mol. The molecule has 0 unspecified atom stereocenters. The third-order valence-corrected chi connectivity index (χ3v) is 3.68. The fourth-order valence-electron chi connectivity index (χ4n) is 2.65. The second kappa shape index (κ2) is 7.78. The normalized spacial score (nSPS) is 23.6. The minimum Gasteiger partial charge on any atom is -0.462 e. The number of carbonyl (C=O) groups excluding carboxylic acids is 1. The van der Waals surface area contributed by atoms with Gasteiger partial charge in [0.15, 0.2) is 0 Å². The summed E-state index contributed by atoms with van der Waals surface area (Å²) in [5, 5.41) is 3.39. The summed E-state index contributed by atoms with van der Waals surface area (Å²) in [6.45, 7) is 7.01. The Bertz CT molecular complexity index is 245. The first-order chi connectivity index (χ1) is 8.60. The second-order valence-corrected chi connectivity index (χ2v) is 5.73. The lowest BCUT2D eigenvalue weighted by Crippen LogP contribution is -2.49. The fraction of sp³-hybridized carbons (Fsp3) is 0.933. The molecule has 106 valence electrons. The van der Waals surface area contributed by atoms with Crippen LogP contribution in [0.25, 0.3) is 0 Å². The maximum atomic E-state index is 12.2. The molecule has 1 atom stereocenters. The second-order valence-electron chi connectivity index (χ2n) is 5.73. The average Bonchev–Trinajstić information content (AvgIpc) is 2.78. The van der Waals surface area contributed by atoms with Gasteiger partial charge in [0.2, 0.25) is 0 Å². The zero-order valence-corrected chi connectivity index (χ0v) is 12.3. The molecule has 0 bridgehead atoms.